The zero-order valence-corrected chi connectivity index (χ0v) is 19.4. The number of anilines is 1. The second kappa shape index (κ2) is 10.3. The van der Waals surface area contributed by atoms with Gasteiger partial charge in [-0.25, -0.2) is 4.98 Å². The number of piperidine rings is 1. The lowest BCUT2D eigenvalue weighted by molar-refractivity contribution is -0.134. The standard InChI is InChI=1S/C25H28N6O4/c1-35-19-9-7-17(8-10-19)24(33)29-20(16-5-3-2-4-6-16)25(34)30-13-11-18(12-14-30)31-15-28-21(22(31)26)23(27)32/h2-10,15,18,20H,11-14,26H2,1H3,(H2,27,32)(H,29,33). The normalized spacial score (nSPS) is 14.8. The number of likely N-dealkylation sites (tertiary alicyclic amines) is 1. The smallest absolute Gasteiger partial charge is 0.271 e. The molecule has 3 amide bonds. The van der Waals surface area contributed by atoms with Crippen LogP contribution < -0.4 is 21.5 Å². The van der Waals surface area contributed by atoms with Crippen LogP contribution in [-0.2, 0) is 4.79 Å². The van der Waals surface area contributed by atoms with Crippen molar-refractivity contribution in [3.63, 3.8) is 0 Å². The quantitative estimate of drug-likeness (QED) is 0.475. The zero-order valence-electron chi connectivity index (χ0n) is 19.4. The van der Waals surface area contributed by atoms with Crippen LogP contribution in [0.15, 0.2) is 60.9 Å². The Bertz CT molecular complexity index is 1200. The van der Waals surface area contributed by atoms with Crippen LogP contribution in [0.3, 0.4) is 0 Å². The fourth-order valence-electron chi connectivity index (χ4n) is 4.29. The molecule has 10 nitrogen and oxygen atoms in total. The van der Waals surface area contributed by atoms with E-state index >= 15 is 0 Å². The highest BCUT2D eigenvalue weighted by atomic mass is 16.5. The maximum atomic E-state index is 13.6. The molecule has 1 aromatic heterocycles. The number of hydrogen-bond acceptors (Lipinski definition) is 6. The van der Waals surface area contributed by atoms with E-state index in [4.69, 9.17) is 16.2 Å². The fraction of sp³-hybridized carbons (Fsp3) is 0.280. The van der Waals surface area contributed by atoms with E-state index in [1.165, 1.54) is 6.33 Å². The lowest BCUT2D eigenvalue weighted by Crippen LogP contribution is -2.46. The van der Waals surface area contributed by atoms with Crippen LogP contribution in [0.1, 0.15) is 51.3 Å². The second-order valence-electron chi connectivity index (χ2n) is 8.35. The van der Waals surface area contributed by atoms with Gasteiger partial charge in [0.15, 0.2) is 5.69 Å². The third kappa shape index (κ3) is 5.11. The number of nitrogens with two attached hydrogens (primary N) is 2. The van der Waals surface area contributed by atoms with E-state index in [2.05, 4.69) is 10.3 Å². The number of primary amides is 1. The maximum Gasteiger partial charge on any atom is 0.271 e. The molecule has 10 heteroatoms. The van der Waals surface area contributed by atoms with Gasteiger partial charge in [-0.1, -0.05) is 30.3 Å². The van der Waals surface area contributed by atoms with Crippen LogP contribution in [-0.4, -0.2) is 52.4 Å². The first-order chi connectivity index (χ1) is 16.9. The van der Waals surface area contributed by atoms with E-state index in [-0.39, 0.29) is 29.4 Å². The van der Waals surface area contributed by atoms with E-state index in [1.54, 1.807) is 40.8 Å². The van der Waals surface area contributed by atoms with Crippen LogP contribution in [0.4, 0.5) is 5.82 Å². The summed E-state index contributed by atoms with van der Waals surface area (Å²) in [4.78, 5) is 43.7. The van der Waals surface area contributed by atoms with Gasteiger partial charge in [-0.15, -0.1) is 0 Å². The fourth-order valence-corrected chi connectivity index (χ4v) is 4.29. The number of rotatable bonds is 7. The molecule has 1 aliphatic heterocycles. The van der Waals surface area contributed by atoms with Crippen molar-refractivity contribution < 1.29 is 19.1 Å². The molecule has 1 aliphatic rings. The summed E-state index contributed by atoms with van der Waals surface area (Å²) in [5, 5.41) is 2.89. The van der Waals surface area contributed by atoms with Crippen molar-refractivity contribution in [3.8, 4) is 5.75 Å². The predicted molar refractivity (Wildman–Crippen MR) is 130 cm³/mol. The first-order valence-electron chi connectivity index (χ1n) is 11.3. The number of nitrogen functional groups attached to an aromatic ring is 1. The van der Waals surface area contributed by atoms with Crippen molar-refractivity contribution >= 4 is 23.5 Å². The molecular weight excluding hydrogens is 448 g/mol. The third-order valence-electron chi connectivity index (χ3n) is 6.24. The summed E-state index contributed by atoms with van der Waals surface area (Å²) >= 11 is 0. The number of carbonyl (C=O) groups is 3. The largest absolute Gasteiger partial charge is 0.497 e. The number of ether oxygens (including phenoxy) is 1. The number of aromatic nitrogens is 2. The van der Waals surface area contributed by atoms with E-state index in [0.29, 0.717) is 42.8 Å². The minimum atomic E-state index is -0.831. The Morgan fingerprint density at radius 2 is 1.71 bits per heavy atom. The molecule has 0 spiro atoms. The molecule has 0 aliphatic carbocycles. The number of amides is 3. The molecule has 1 atom stereocenters. The van der Waals surface area contributed by atoms with Gasteiger partial charge in [-0.3, -0.25) is 14.4 Å². The predicted octanol–water partition coefficient (Wildman–Crippen LogP) is 1.91. The molecule has 182 valence electrons. The molecule has 3 aromatic rings. The number of nitrogens with zero attached hydrogens (tertiary/aromatic N) is 3. The Hall–Kier alpha value is -4.34. The number of benzene rings is 2. The van der Waals surface area contributed by atoms with Gasteiger partial charge in [0, 0.05) is 24.7 Å². The van der Waals surface area contributed by atoms with Crippen LogP contribution in [0.25, 0.3) is 0 Å². The number of nitrogens with one attached hydrogen (secondary N) is 1. The SMILES string of the molecule is COc1ccc(C(=O)NC(C(=O)N2CCC(n3cnc(C(N)=O)c3N)CC2)c2ccccc2)cc1. The summed E-state index contributed by atoms with van der Waals surface area (Å²) < 4.78 is 6.89. The Morgan fingerprint density at radius 1 is 1.06 bits per heavy atom. The van der Waals surface area contributed by atoms with Crippen molar-refractivity contribution in [3.05, 3.63) is 77.7 Å². The highest BCUT2D eigenvalue weighted by molar-refractivity contribution is 5.98. The van der Waals surface area contributed by atoms with Gasteiger partial charge in [0.25, 0.3) is 11.8 Å². The topological polar surface area (TPSA) is 146 Å². The molecule has 35 heavy (non-hydrogen) atoms. The van der Waals surface area contributed by atoms with Crippen molar-refractivity contribution in [2.45, 2.75) is 24.9 Å². The highest BCUT2D eigenvalue weighted by Crippen LogP contribution is 2.28. The molecule has 0 saturated carbocycles. The van der Waals surface area contributed by atoms with Gasteiger partial charge in [-0.2, -0.15) is 0 Å². The minimum Gasteiger partial charge on any atom is -0.497 e. The number of hydrogen-bond donors (Lipinski definition) is 3. The Morgan fingerprint density at radius 3 is 2.29 bits per heavy atom. The Labute approximate surface area is 202 Å². The van der Waals surface area contributed by atoms with Crippen LogP contribution >= 0.6 is 0 Å². The zero-order chi connectivity index (χ0) is 24.9. The summed E-state index contributed by atoms with van der Waals surface area (Å²) in [6, 6.07) is 15.0. The van der Waals surface area contributed by atoms with Gasteiger partial charge >= 0.3 is 0 Å². The summed E-state index contributed by atoms with van der Waals surface area (Å²) in [6.07, 6.45) is 2.76. The summed E-state index contributed by atoms with van der Waals surface area (Å²) in [5.74, 6) is -0.340. The number of methoxy groups -OCH3 is 1. The monoisotopic (exact) mass is 476 g/mol. The van der Waals surface area contributed by atoms with Gasteiger partial charge < -0.3 is 31.0 Å². The Kier molecular flexibility index (Phi) is 7.00. The lowest BCUT2D eigenvalue weighted by Gasteiger charge is -2.35. The van der Waals surface area contributed by atoms with Crippen molar-refractivity contribution in [1.82, 2.24) is 19.8 Å². The minimum absolute atomic E-state index is 0.0104. The van der Waals surface area contributed by atoms with E-state index in [1.807, 2.05) is 30.3 Å². The molecule has 4 rings (SSSR count). The van der Waals surface area contributed by atoms with E-state index in [9.17, 15) is 14.4 Å². The van der Waals surface area contributed by atoms with Crippen LogP contribution in [0.5, 0.6) is 5.75 Å². The van der Waals surface area contributed by atoms with Crippen LogP contribution in [0.2, 0.25) is 0 Å². The average molecular weight is 477 g/mol. The first-order valence-corrected chi connectivity index (χ1v) is 11.3. The summed E-state index contributed by atoms with van der Waals surface area (Å²) in [5.41, 5.74) is 12.5. The number of carbonyl (C=O) groups excluding carboxylic acids is 3. The summed E-state index contributed by atoms with van der Waals surface area (Å²) in [6.45, 7) is 0.934. The summed E-state index contributed by atoms with van der Waals surface area (Å²) in [7, 11) is 1.56. The van der Waals surface area contributed by atoms with Gasteiger partial charge in [0.1, 0.15) is 17.6 Å². The van der Waals surface area contributed by atoms with Crippen molar-refractivity contribution in [1.29, 1.82) is 0 Å². The highest BCUT2D eigenvalue weighted by Gasteiger charge is 2.32. The Balaban J connectivity index is 1.48. The first kappa shape index (κ1) is 23.8. The third-order valence-corrected chi connectivity index (χ3v) is 6.24. The van der Waals surface area contributed by atoms with Crippen molar-refractivity contribution in [2.24, 2.45) is 5.73 Å². The number of imidazole rings is 1. The molecular formula is C25H28N6O4. The molecule has 0 radical (unpaired) electrons. The van der Waals surface area contributed by atoms with Gasteiger partial charge in [-0.05, 0) is 42.7 Å². The van der Waals surface area contributed by atoms with Crippen molar-refractivity contribution in [2.75, 3.05) is 25.9 Å². The molecule has 0 bridgehead atoms. The van der Waals surface area contributed by atoms with Gasteiger partial charge in [0.2, 0.25) is 5.91 Å². The van der Waals surface area contributed by atoms with E-state index in [0.717, 1.165) is 0 Å². The lowest BCUT2D eigenvalue weighted by atomic mass is 10.0. The maximum absolute atomic E-state index is 13.6. The molecule has 1 unspecified atom stereocenters. The van der Waals surface area contributed by atoms with Crippen LogP contribution in [0, 0.1) is 0 Å². The van der Waals surface area contributed by atoms with E-state index < -0.39 is 11.9 Å². The molecule has 1 saturated heterocycles. The molecule has 5 N–H and O–H groups in total. The molecule has 2 aromatic carbocycles. The van der Waals surface area contributed by atoms with Gasteiger partial charge in [0.05, 0.1) is 13.4 Å². The second-order valence-corrected chi connectivity index (χ2v) is 8.35. The molecule has 2 heterocycles. The molecule has 1 fully saturated rings. The average Bonchev–Trinajstić information content (AvgIpc) is 3.29.